The van der Waals surface area contributed by atoms with Crippen LogP contribution in [0.4, 0.5) is 0 Å². The van der Waals surface area contributed by atoms with E-state index in [0.717, 1.165) is 25.3 Å². The van der Waals surface area contributed by atoms with E-state index < -0.39 is 0 Å². The second-order valence-electron chi connectivity index (χ2n) is 4.68. The lowest BCUT2D eigenvalue weighted by Gasteiger charge is -2.11. The highest BCUT2D eigenvalue weighted by Crippen LogP contribution is 2.11. The summed E-state index contributed by atoms with van der Waals surface area (Å²) in [4.78, 5) is 0. The minimum absolute atomic E-state index is 0.0797. The Morgan fingerprint density at radius 2 is 2.10 bits per heavy atom. The first-order chi connectivity index (χ1) is 9.67. The molecule has 0 saturated carbocycles. The molecule has 1 atom stereocenters. The Bertz CT molecular complexity index is 407. The predicted molar refractivity (Wildman–Crippen MR) is 78.2 cm³/mol. The third kappa shape index (κ3) is 5.90. The first-order valence-corrected chi connectivity index (χ1v) is 6.69. The van der Waals surface area contributed by atoms with E-state index in [9.17, 15) is 0 Å². The van der Waals surface area contributed by atoms with E-state index >= 15 is 0 Å². The molecule has 0 fully saturated rings. The molecule has 0 spiro atoms. The molecule has 5 N–H and O–H groups in total. The number of hydrogen-bond acceptors (Lipinski definition) is 5. The van der Waals surface area contributed by atoms with E-state index in [2.05, 4.69) is 17.4 Å². The second kappa shape index (κ2) is 9.17. The van der Waals surface area contributed by atoms with Crippen molar-refractivity contribution in [2.24, 2.45) is 16.8 Å². The Labute approximate surface area is 119 Å². The average Bonchev–Trinajstić information content (AvgIpc) is 2.47. The zero-order chi connectivity index (χ0) is 14.8. The molecular formula is C14H23N3O3. The van der Waals surface area contributed by atoms with Gasteiger partial charge in [0.1, 0.15) is 12.4 Å². The lowest BCUT2D eigenvalue weighted by atomic mass is 10.1. The van der Waals surface area contributed by atoms with Gasteiger partial charge in [-0.15, -0.1) is 0 Å². The van der Waals surface area contributed by atoms with Crippen molar-refractivity contribution >= 4 is 5.84 Å². The zero-order valence-electron chi connectivity index (χ0n) is 11.7. The molecule has 0 radical (unpaired) electrons. The van der Waals surface area contributed by atoms with Crippen LogP contribution in [0.15, 0.2) is 29.4 Å². The summed E-state index contributed by atoms with van der Waals surface area (Å²) in [5, 5.41) is 23.5. The predicted octanol–water partition coefficient (Wildman–Crippen LogP) is 0.768. The number of ether oxygens (including phenoxy) is 1. The molecular weight excluding hydrogens is 258 g/mol. The van der Waals surface area contributed by atoms with Gasteiger partial charge >= 0.3 is 0 Å². The smallest absolute Gasteiger partial charge is 0.170 e. The molecule has 0 saturated heterocycles. The largest absolute Gasteiger partial charge is 0.492 e. The van der Waals surface area contributed by atoms with Gasteiger partial charge in [0.15, 0.2) is 5.84 Å². The van der Waals surface area contributed by atoms with Gasteiger partial charge in [-0.3, -0.25) is 0 Å². The molecule has 1 rings (SSSR count). The van der Waals surface area contributed by atoms with Gasteiger partial charge < -0.3 is 26.1 Å². The topological polar surface area (TPSA) is 100 Å². The zero-order valence-corrected chi connectivity index (χ0v) is 11.7. The number of hydrogen-bond donors (Lipinski definition) is 4. The van der Waals surface area contributed by atoms with Crippen LogP contribution in [0.2, 0.25) is 0 Å². The normalized spacial score (nSPS) is 13.2. The van der Waals surface area contributed by atoms with Crippen LogP contribution in [-0.2, 0) is 0 Å². The third-order valence-corrected chi connectivity index (χ3v) is 2.92. The highest BCUT2D eigenvalue weighted by atomic mass is 16.5. The number of amidine groups is 1. The lowest BCUT2D eigenvalue weighted by Crippen LogP contribution is -2.26. The molecule has 0 aromatic heterocycles. The van der Waals surface area contributed by atoms with Crippen LogP contribution in [0.3, 0.4) is 0 Å². The van der Waals surface area contributed by atoms with Crippen LogP contribution in [0.1, 0.15) is 18.9 Å². The van der Waals surface area contributed by atoms with E-state index in [1.165, 1.54) is 0 Å². The second-order valence-corrected chi connectivity index (χ2v) is 4.68. The molecule has 0 heterocycles. The Kier molecular flexibility index (Phi) is 7.46. The summed E-state index contributed by atoms with van der Waals surface area (Å²) in [6, 6.07) is 7.03. The van der Waals surface area contributed by atoms with Gasteiger partial charge in [0.2, 0.25) is 0 Å². The number of oxime groups is 1. The fourth-order valence-electron chi connectivity index (χ4n) is 1.69. The first kappa shape index (κ1) is 16.3. The number of nitrogens with zero attached hydrogens (tertiary/aromatic N) is 1. The summed E-state index contributed by atoms with van der Waals surface area (Å²) >= 11 is 0. The molecule has 0 aliphatic carbocycles. The van der Waals surface area contributed by atoms with E-state index in [1.807, 2.05) is 0 Å². The fourth-order valence-corrected chi connectivity index (χ4v) is 1.69. The highest BCUT2D eigenvalue weighted by Gasteiger charge is 2.01. The van der Waals surface area contributed by atoms with Gasteiger partial charge in [-0.25, -0.2) is 0 Å². The Hall–Kier alpha value is -1.79. The maximum atomic E-state index is 8.78. The number of nitrogens with one attached hydrogen (secondary N) is 1. The van der Waals surface area contributed by atoms with Crippen LogP contribution in [-0.4, -0.2) is 42.5 Å². The number of benzene rings is 1. The fraction of sp³-hybridized carbons (Fsp3) is 0.500. The van der Waals surface area contributed by atoms with Crippen molar-refractivity contribution in [1.82, 2.24) is 5.32 Å². The third-order valence-electron chi connectivity index (χ3n) is 2.92. The Morgan fingerprint density at radius 1 is 1.40 bits per heavy atom. The maximum Gasteiger partial charge on any atom is 0.170 e. The number of rotatable bonds is 9. The quantitative estimate of drug-likeness (QED) is 0.176. The molecule has 20 heavy (non-hydrogen) atoms. The summed E-state index contributed by atoms with van der Waals surface area (Å²) in [7, 11) is 0. The maximum absolute atomic E-state index is 8.78. The van der Waals surface area contributed by atoms with Crippen molar-refractivity contribution in [1.29, 1.82) is 0 Å². The van der Waals surface area contributed by atoms with Crippen molar-refractivity contribution in [3.63, 3.8) is 0 Å². The molecule has 0 bridgehead atoms. The summed E-state index contributed by atoms with van der Waals surface area (Å²) < 4.78 is 5.56. The van der Waals surface area contributed by atoms with Gasteiger partial charge in [-0.05, 0) is 43.1 Å². The standard InChI is InChI=1S/C14H23N3O3/c1-11(6-8-18)10-16-7-9-20-13-4-2-12(3-5-13)14(15)17-19/h2-5,11,16,18-19H,6-10H2,1H3,(H2,15,17). The lowest BCUT2D eigenvalue weighted by molar-refractivity contribution is 0.256. The Balaban J connectivity index is 2.22. The van der Waals surface area contributed by atoms with Gasteiger partial charge in [0.25, 0.3) is 0 Å². The molecule has 1 unspecified atom stereocenters. The summed E-state index contributed by atoms with van der Waals surface area (Å²) in [6.07, 6.45) is 0.809. The number of aliphatic hydroxyl groups is 1. The SMILES string of the molecule is CC(CCO)CNCCOc1ccc(C(N)=NO)cc1. The van der Waals surface area contributed by atoms with E-state index in [1.54, 1.807) is 24.3 Å². The highest BCUT2D eigenvalue weighted by molar-refractivity contribution is 5.97. The van der Waals surface area contributed by atoms with Crippen LogP contribution in [0, 0.1) is 5.92 Å². The molecule has 0 amide bonds. The van der Waals surface area contributed by atoms with Gasteiger partial charge in [-0.2, -0.15) is 0 Å². The summed E-state index contributed by atoms with van der Waals surface area (Å²) in [6.45, 7) is 4.50. The summed E-state index contributed by atoms with van der Waals surface area (Å²) in [5.41, 5.74) is 6.12. The first-order valence-electron chi connectivity index (χ1n) is 6.69. The van der Waals surface area contributed by atoms with Crippen LogP contribution < -0.4 is 15.8 Å². The molecule has 6 heteroatoms. The number of nitrogens with two attached hydrogens (primary N) is 1. The van der Waals surface area contributed by atoms with Crippen molar-refractivity contribution in [3.8, 4) is 5.75 Å². The molecule has 1 aromatic rings. The van der Waals surface area contributed by atoms with Crippen molar-refractivity contribution < 1.29 is 15.1 Å². The summed E-state index contributed by atoms with van der Waals surface area (Å²) in [5.74, 6) is 1.28. The monoisotopic (exact) mass is 281 g/mol. The molecule has 1 aromatic carbocycles. The molecule has 6 nitrogen and oxygen atoms in total. The van der Waals surface area contributed by atoms with E-state index in [4.69, 9.17) is 20.8 Å². The van der Waals surface area contributed by atoms with Gasteiger partial charge in [-0.1, -0.05) is 12.1 Å². The Morgan fingerprint density at radius 3 is 2.70 bits per heavy atom. The van der Waals surface area contributed by atoms with Crippen molar-refractivity contribution in [3.05, 3.63) is 29.8 Å². The van der Waals surface area contributed by atoms with E-state index in [-0.39, 0.29) is 12.4 Å². The van der Waals surface area contributed by atoms with Crippen molar-refractivity contribution in [2.75, 3.05) is 26.3 Å². The van der Waals surface area contributed by atoms with Crippen LogP contribution in [0.25, 0.3) is 0 Å². The number of aliphatic hydroxyl groups excluding tert-OH is 1. The average molecular weight is 281 g/mol. The van der Waals surface area contributed by atoms with Gasteiger partial charge in [0, 0.05) is 18.7 Å². The van der Waals surface area contributed by atoms with Crippen molar-refractivity contribution in [2.45, 2.75) is 13.3 Å². The molecule has 112 valence electrons. The van der Waals surface area contributed by atoms with E-state index in [0.29, 0.717) is 18.1 Å². The van der Waals surface area contributed by atoms with Crippen LogP contribution in [0.5, 0.6) is 5.75 Å². The van der Waals surface area contributed by atoms with Gasteiger partial charge in [0.05, 0.1) is 0 Å². The molecule has 0 aliphatic rings. The minimum atomic E-state index is 0.0797. The molecule has 0 aliphatic heterocycles. The minimum Gasteiger partial charge on any atom is -0.492 e. The van der Waals surface area contributed by atoms with Crippen LogP contribution >= 0.6 is 0 Å².